The van der Waals surface area contributed by atoms with E-state index in [4.69, 9.17) is 0 Å². The Morgan fingerprint density at radius 3 is 1.00 bits per heavy atom. The van der Waals surface area contributed by atoms with Crippen LogP contribution >= 0.6 is 0 Å². The fraction of sp³-hybridized carbons (Fsp3) is 0.0667. The molecule has 0 atom stereocenters. The zero-order valence-corrected chi connectivity index (χ0v) is 7.77. The van der Waals surface area contributed by atoms with Crippen molar-refractivity contribution in [3.63, 3.8) is 0 Å². The van der Waals surface area contributed by atoms with Crippen molar-refractivity contribution in [1.82, 2.24) is 0 Å². The molecule has 3 aromatic carbocycles. The lowest BCUT2D eigenvalue weighted by molar-refractivity contribution is 1.76. The number of fused-ring (bicyclic) bond motifs is 2. The number of rotatable bonds is 0. The normalized spacial score (nSPS) is 10.1. The monoisotopic (exact) mass is 194 g/mol. The van der Waals surface area contributed by atoms with Gasteiger partial charge in [0.25, 0.3) is 0 Å². The molecule has 74 valence electrons. The Labute approximate surface area is 90.2 Å². The minimum atomic E-state index is 0. The summed E-state index contributed by atoms with van der Waals surface area (Å²) in [6.45, 7) is 0. The summed E-state index contributed by atoms with van der Waals surface area (Å²) in [5.41, 5.74) is 0. The van der Waals surface area contributed by atoms with Crippen LogP contribution in [0.5, 0.6) is 0 Å². The molecular formula is C15H14. The molecule has 0 nitrogen and oxygen atoms in total. The summed E-state index contributed by atoms with van der Waals surface area (Å²) >= 11 is 0. The van der Waals surface area contributed by atoms with Gasteiger partial charge in [-0.25, -0.2) is 0 Å². The van der Waals surface area contributed by atoms with Gasteiger partial charge in [0.15, 0.2) is 0 Å². The number of benzene rings is 3. The molecule has 3 rings (SSSR count). The van der Waals surface area contributed by atoms with Gasteiger partial charge in [0.2, 0.25) is 0 Å². The molecule has 0 unspecified atom stereocenters. The van der Waals surface area contributed by atoms with E-state index in [1.165, 1.54) is 21.5 Å². The molecule has 0 aliphatic carbocycles. The maximum Gasteiger partial charge on any atom is -0.0178 e. The summed E-state index contributed by atoms with van der Waals surface area (Å²) in [6, 6.07) is 21.4. The molecule has 0 bridgehead atoms. The fourth-order valence-electron chi connectivity index (χ4n) is 1.88. The van der Waals surface area contributed by atoms with Crippen molar-refractivity contribution in [3.8, 4) is 0 Å². The van der Waals surface area contributed by atoms with E-state index in [1.807, 2.05) is 0 Å². The van der Waals surface area contributed by atoms with Gasteiger partial charge in [-0.15, -0.1) is 0 Å². The highest BCUT2D eigenvalue weighted by molar-refractivity contribution is 5.97. The second-order valence-electron chi connectivity index (χ2n) is 3.55. The molecule has 0 radical (unpaired) electrons. The second kappa shape index (κ2) is 3.74. The van der Waals surface area contributed by atoms with Gasteiger partial charge in [-0.2, -0.15) is 0 Å². The highest BCUT2D eigenvalue weighted by atomic mass is 14.0. The SMILES string of the molecule is C.c1ccc2cc3ccccc3cc2c1. The topological polar surface area (TPSA) is 0 Å². The lowest BCUT2D eigenvalue weighted by atomic mass is 10.0. The van der Waals surface area contributed by atoms with E-state index in [1.54, 1.807) is 0 Å². The summed E-state index contributed by atoms with van der Waals surface area (Å²) in [7, 11) is 0. The first-order valence-corrected chi connectivity index (χ1v) is 4.81. The molecule has 0 heterocycles. The van der Waals surface area contributed by atoms with Crippen LogP contribution in [0.4, 0.5) is 0 Å². The molecule has 0 N–H and O–H groups in total. The van der Waals surface area contributed by atoms with Crippen molar-refractivity contribution in [2.24, 2.45) is 0 Å². The van der Waals surface area contributed by atoms with Gasteiger partial charge in [0.1, 0.15) is 0 Å². The smallest absolute Gasteiger partial charge is 0.0178 e. The summed E-state index contributed by atoms with van der Waals surface area (Å²) in [5.74, 6) is 0. The van der Waals surface area contributed by atoms with E-state index in [0.717, 1.165) is 0 Å². The maximum atomic E-state index is 2.24. The Balaban J connectivity index is 0.000000853. The Kier molecular flexibility index (Phi) is 2.42. The molecule has 15 heavy (non-hydrogen) atoms. The first kappa shape index (κ1) is 9.72. The number of hydrogen-bond acceptors (Lipinski definition) is 0. The van der Waals surface area contributed by atoms with Crippen LogP contribution in [0.3, 0.4) is 0 Å². The van der Waals surface area contributed by atoms with Crippen molar-refractivity contribution in [1.29, 1.82) is 0 Å². The summed E-state index contributed by atoms with van der Waals surface area (Å²) < 4.78 is 0. The van der Waals surface area contributed by atoms with E-state index in [0.29, 0.717) is 0 Å². The zero-order valence-electron chi connectivity index (χ0n) is 7.77. The van der Waals surface area contributed by atoms with Crippen molar-refractivity contribution in [2.75, 3.05) is 0 Å². The molecule has 0 saturated heterocycles. The lowest BCUT2D eigenvalue weighted by Gasteiger charge is -2.00. The predicted octanol–water partition coefficient (Wildman–Crippen LogP) is 4.63. The molecule has 0 aliphatic rings. The zero-order chi connectivity index (χ0) is 9.38. The van der Waals surface area contributed by atoms with Crippen molar-refractivity contribution in [3.05, 3.63) is 60.7 Å². The van der Waals surface area contributed by atoms with Crippen molar-refractivity contribution < 1.29 is 0 Å². The third-order valence-electron chi connectivity index (χ3n) is 2.61. The molecule has 0 saturated carbocycles. The largest absolute Gasteiger partial charge is 0.0776 e. The predicted molar refractivity (Wildman–Crippen MR) is 68.2 cm³/mol. The van der Waals surface area contributed by atoms with Crippen molar-refractivity contribution >= 4 is 21.5 Å². The van der Waals surface area contributed by atoms with Gasteiger partial charge < -0.3 is 0 Å². The van der Waals surface area contributed by atoms with E-state index in [-0.39, 0.29) is 7.43 Å². The first-order chi connectivity index (χ1) is 6.93. The Morgan fingerprint density at radius 1 is 0.467 bits per heavy atom. The van der Waals surface area contributed by atoms with Crippen LogP contribution in [-0.2, 0) is 0 Å². The third-order valence-corrected chi connectivity index (χ3v) is 2.61. The lowest BCUT2D eigenvalue weighted by Crippen LogP contribution is -1.74. The third kappa shape index (κ3) is 1.59. The van der Waals surface area contributed by atoms with Crippen LogP contribution < -0.4 is 0 Å². The number of hydrogen-bond donors (Lipinski definition) is 0. The Hall–Kier alpha value is -1.82. The average Bonchev–Trinajstić information content (AvgIpc) is 2.26. The first-order valence-electron chi connectivity index (χ1n) is 4.81. The van der Waals surface area contributed by atoms with Crippen LogP contribution in [0.25, 0.3) is 21.5 Å². The molecule has 0 heteroatoms. The molecule has 0 aromatic heterocycles. The highest BCUT2D eigenvalue weighted by Crippen LogP contribution is 2.21. The molecule has 0 spiro atoms. The van der Waals surface area contributed by atoms with Crippen LogP contribution in [-0.4, -0.2) is 0 Å². The molecule has 0 amide bonds. The molecule has 0 aliphatic heterocycles. The summed E-state index contributed by atoms with van der Waals surface area (Å²) in [6.07, 6.45) is 0. The second-order valence-corrected chi connectivity index (χ2v) is 3.55. The quantitative estimate of drug-likeness (QED) is 0.458. The Morgan fingerprint density at radius 2 is 0.733 bits per heavy atom. The van der Waals surface area contributed by atoms with Crippen molar-refractivity contribution in [2.45, 2.75) is 7.43 Å². The maximum absolute atomic E-state index is 2.24. The highest BCUT2D eigenvalue weighted by Gasteiger charge is 1.95. The van der Waals surface area contributed by atoms with Crippen LogP contribution in [0.1, 0.15) is 7.43 Å². The van der Waals surface area contributed by atoms with Crippen LogP contribution in [0, 0.1) is 0 Å². The van der Waals surface area contributed by atoms with Gasteiger partial charge in [-0.05, 0) is 33.7 Å². The van der Waals surface area contributed by atoms with Gasteiger partial charge in [0, 0.05) is 0 Å². The van der Waals surface area contributed by atoms with E-state index in [2.05, 4.69) is 60.7 Å². The summed E-state index contributed by atoms with van der Waals surface area (Å²) in [5, 5.41) is 5.25. The van der Waals surface area contributed by atoms with E-state index in [9.17, 15) is 0 Å². The van der Waals surface area contributed by atoms with Crippen LogP contribution in [0.2, 0.25) is 0 Å². The van der Waals surface area contributed by atoms with Gasteiger partial charge in [-0.1, -0.05) is 56.0 Å². The average molecular weight is 194 g/mol. The van der Waals surface area contributed by atoms with Crippen LogP contribution in [0.15, 0.2) is 60.7 Å². The van der Waals surface area contributed by atoms with Gasteiger partial charge >= 0.3 is 0 Å². The molecule has 0 fully saturated rings. The molecule has 3 aromatic rings. The standard InChI is InChI=1S/C14H10.CH4/c1-2-6-12-10-14-8-4-3-7-13(14)9-11(12)5-1;/h1-10H;1H4. The minimum absolute atomic E-state index is 0. The van der Waals surface area contributed by atoms with Gasteiger partial charge in [-0.3, -0.25) is 0 Å². The van der Waals surface area contributed by atoms with E-state index >= 15 is 0 Å². The Bertz CT molecular complexity index is 489. The van der Waals surface area contributed by atoms with Gasteiger partial charge in [0.05, 0.1) is 0 Å². The van der Waals surface area contributed by atoms with E-state index < -0.39 is 0 Å². The minimum Gasteiger partial charge on any atom is -0.0776 e. The fourth-order valence-corrected chi connectivity index (χ4v) is 1.88. The molecular weight excluding hydrogens is 180 g/mol. The summed E-state index contributed by atoms with van der Waals surface area (Å²) in [4.78, 5) is 0.